The van der Waals surface area contributed by atoms with E-state index in [1.54, 1.807) is 6.07 Å². The van der Waals surface area contributed by atoms with Gasteiger partial charge in [0, 0.05) is 17.8 Å². The number of halogens is 1. The summed E-state index contributed by atoms with van der Waals surface area (Å²) in [7, 11) is 0. The summed E-state index contributed by atoms with van der Waals surface area (Å²) < 4.78 is 5.70. The normalized spacial score (nSPS) is 13.5. The topological polar surface area (TPSA) is 64.1 Å². The van der Waals surface area contributed by atoms with Gasteiger partial charge in [0.1, 0.15) is 17.5 Å². The second-order valence-electron chi connectivity index (χ2n) is 4.90. The lowest BCUT2D eigenvalue weighted by atomic mass is 10.0. The van der Waals surface area contributed by atoms with Crippen LogP contribution in [0.15, 0.2) is 24.3 Å². The van der Waals surface area contributed by atoms with Crippen LogP contribution in [0, 0.1) is 6.92 Å². The zero-order chi connectivity index (χ0) is 14.8. The molecule has 2 heterocycles. The number of ether oxygens (including phenoxy) is 1. The van der Waals surface area contributed by atoms with Gasteiger partial charge in [0.15, 0.2) is 5.82 Å². The van der Waals surface area contributed by atoms with Crippen LogP contribution < -0.4 is 10.1 Å². The van der Waals surface area contributed by atoms with Gasteiger partial charge in [0.2, 0.25) is 5.91 Å². The maximum Gasteiger partial charge on any atom is 0.224 e. The summed E-state index contributed by atoms with van der Waals surface area (Å²) in [6.07, 6.45) is 1.23. The minimum Gasteiger partial charge on any atom is -0.486 e. The van der Waals surface area contributed by atoms with Crippen LogP contribution in [-0.4, -0.2) is 15.9 Å². The van der Waals surface area contributed by atoms with Gasteiger partial charge in [-0.25, -0.2) is 9.97 Å². The Labute approximate surface area is 127 Å². The Bertz CT molecular complexity index is 683. The van der Waals surface area contributed by atoms with Gasteiger partial charge in [0.25, 0.3) is 0 Å². The molecule has 1 aromatic carbocycles. The lowest BCUT2D eigenvalue weighted by molar-refractivity contribution is -0.116. The number of nitrogens with one attached hydrogen (secondary N) is 1. The highest BCUT2D eigenvalue weighted by Gasteiger charge is 2.15. The first kappa shape index (κ1) is 13.8. The van der Waals surface area contributed by atoms with Crippen molar-refractivity contribution in [2.24, 2.45) is 0 Å². The summed E-state index contributed by atoms with van der Waals surface area (Å²) >= 11 is 5.89. The standard InChI is InChI=1S/C15H14ClN3O2/c1-9-6-13(16)19-14(17-9)8-21-11-3-4-12-10(7-11)2-5-15(20)18-12/h3-4,6-7H,2,5,8H2,1H3,(H,18,20). The number of rotatable bonds is 3. The third kappa shape index (κ3) is 3.31. The fourth-order valence-electron chi connectivity index (χ4n) is 2.25. The summed E-state index contributed by atoms with van der Waals surface area (Å²) in [4.78, 5) is 19.7. The van der Waals surface area contributed by atoms with E-state index in [1.807, 2.05) is 25.1 Å². The molecule has 1 amide bonds. The Hall–Kier alpha value is -2.14. The first-order valence-corrected chi connectivity index (χ1v) is 7.03. The molecule has 1 aromatic heterocycles. The molecule has 1 aliphatic heterocycles. The number of aryl methyl sites for hydroxylation is 2. The Morgan fingerprint density at radius 1 is 1.29 bits per heavy atom. The Morgan fingerprint density at radius 2 is 2.14 bits per heavy atom. The molecule has 0 atom stereocenters. The Kier molecular flexibility index (Phi) is 3.75. The van der Waals surface area contributed by atoms with Crippen LogP contribution in [0.5, 0.6) is 5.75 Å². The number of aromatic nitrogens is 2. The number of fused-ring (bicyclic) bond motifs is 1. The van der Waals surface area contributed by atoms with Crippen LogP contribution in [0.25, 0.3) is 0 Å². The average Bonchev–Trinajstić information content (AvgIpc) is 2.44. The van der Waals surface area contributed by atoms with E-state index >= 15 is 0 Å². The molecule has 2 aromatic rings. The maximum absolute atomic E-state index is 11.3. The first-order chi connectivity index (χ1) is 10.1. The van der Waals surface area contributed by atoms with Gasteiger partial charge in [-0.2, -0.15) is 0 Å². The molecule has 21 heavy (non-hydrogen) atoms. The number of carbonyl (C=O) groups excluding carboxylic acids is 1. The highest BCUT2D eigenvalue weighted by molar-refractivity contribution is 6.29. The van der Waals surface area contributed by atoms with Crippen LogP contribution in [0.4, 0.5) is 5.69 Å². The van der Waals surface area contributed by atoms with Crippen molar-refractivity contribution in [3.8, 4) is 5.75 Å². The largest absolute Gasteiger partial charge is 0.486 e. The fraction of sp³-hybridized carbons (Fsp3) is 0.267. The predicted octanol–water partition coefficient (Wildman–Crippen LogP) is 2.90. The molecular formula is C15H14ClN3O2. The summed E-state index contributed by atoms with van der Waals surface area (Å²) in [5, 5.41) is 3.25. The number of amides is 1. The molecular weight excluding hydrogens is 290 g/mol. The van der Waals surface area contributed by atoms with Crippen molar-refractivity contribution >= 4 is 23.2 Å². The van der Waals surface area contributed by atoms with Gasteiger partial charge < -0.3 is 10.1 Å². The second-order valence-corrected chi connectivity index (χ2v) is 5.29. The predicted molar refractivity (Wildman–Crippen MR) is 79.5 cm³/mol. The SMILES string of the molecule is Cc1cc(Cl)nc(COc2ccc3c(c2)CCC(=O)N3)n1. The number of anilines is 1. The number of hydrogen-bond donors (Lipinski definition) is 1. The monoisotopic (exact) mass is 303 g/mol. The van der Waals surface area contributed by atoms with Crippen LogP contribution in [0.3, 0.4) is 0 Å². The van der Waals surface area contributed by atoms with Crippen molar-refractivity contribution in [1.82, 2.24) is 9.97 Å². The molecule has 6 heteroatoms. The van der Waals surface area contributed by atoms with Gasteiger partial charge in [-0.1, -0.05) is 11.6 Å². The molecule has 108 valence electrons. The smallest absolute Gasteiger partial charge is 0.224 e. The molecule has 0 aliphatic carbocycles. The third-order valence-electron chi connectivity index (χ3n) is 3.21. The minimum atomic E-state index is 0.0546. The summed E-state index contributed by atoms with van der Waals surface area (Å²) in [6.45, 7) is 2.12. The average molecular weight is 304 g/mol. The van der Waals surface area contributed by atoms with E-state index in [4.69, 9.17) is 16.3 Å². The number of benzene rings is 1. The summed E-state index contributed by atoms with van der Waals surface area (Å²) in [6, 6.07) is 7.31. The summed E-state index contributed by atoms with van der Waals surface area (Å²) in [5.74, 6) is 1.33. The summed E-state index contributed by atoms with van der Waals surface area (Å²) in [5.41, 5.74) is 2.74. The van der Waals surface area contributed by atoms with Gasteiger partial charge in [-0.15, -0.1) is 0 Å². The van der Waals surface area contributed by atoms with Gasteiger partial charge >= 0.3 is 0 Å². The molecule has 0 fully saturated rings. The maximum atomic E-state index is 11.3. The Balaban J connectivity index is 1.72. The third-order valence-corrected chi connectivity index (χ3v) is 3.40. The van der Waals surface area contributed by atoms with Crippen molar-refractivity contribution in [2.75, 3.05) is 5.32 Å². The lowest BCUT2D eigenvalue weighted by Gasteiger charge is -2.17. The van der Waals surface area contributed by atoms with Crippen LogP contribution in [-0.2, 0) is 17.8 Å². The van der Waals surface area contributed by atoms with Crippen molar-refractivity contribution in [1.29, 1.82) is 0 Å². The molecule has 0 spiro atoms. The van der Waals surface area contributed by atoms with Crippen molar-refractivity contribution < 1.29 is 9.53 Å². The Morgan fingerprint density at radius 3 is 2.95 bits per heavy atom. The van der Waals surface area contributed by atoms with Crippen LogP contribution in [0.1, 0.15) is 23.5 Å². The van der Waals surface area contributed by atoms with Gasteiger partial charge in [-0.05, 0) is 43.2 Å². The highest BCUT2D eigenvalue weighted by atomic mass is 35.5. The van der Waals surface area contributed by atoms with Crippen LogP contribution >= 0.6 is 11.6 Å². The zero-order valence-corrected chi connectivity index (χ0v) is 12.3. The molecule has 0 saturated heterocycles. The first-order valence-electron chi connectivity index (χ1n) is 6.66. The molecule has 1 N–H and O–H groups in total. The number of nitrogens with zero attached hydrogens (tertiary/aromatic N) is 2. The van der Waals surface area contributed by atoms with E-state index in [2.05, 4.69) is 15.3 Å². The van der Waals surface area contributed by atoms with E-state index in [0.29, 0.717) is 17.4 Å². The lowest BCUT2D eigenvalue weighted by Crippen LogP contribution is -2.18. The second kappa shape index (κ2) is 5.69. The highest BCUT2D eigenvalue weighted by Crippen LogP contribution is 2.27. The zero-order valence-electron chi connectivity index (χ0n) is 11.5. The van der Waals surface area contributed by atoms with Crippen molar-refractivity contribution in [2.45, 2.75) is 26.4 Å². The molecule has 3 rings (SSSR count). The minimum absolute atomic E-state index is 0.0546. The molecule has 0 saturated carbocycles. The van der Waals surface area contributed by atoms with E-state index < -0.39 is 0 Å². The number of carbonyl (C=O) groups is 1. The molecule has 1 aliphatic rings. The molecule has 0 unspecified atom stereocenters. The van der Waals surface area contributed by atoms with E-state index in [9.17, 15) is 4.79 Å². The van der Waals surface area contributed by atoms with E-state index in [1.165, 1.54) is 0 Å². The quantitative estimate of drug-likeness (QED) is 0.886. The molecule has 0 bridgehead atoms. The van der Waals surface area contributed by atoms with Crippen molar-refractivity contribution in [3.05, 3.63) is 46.5 Å². The number of hydrogen-bond acceptors (Lipinski definition) is 4. The molecule has 0 radical (unpaired) electrons. The van der Waals surface area contributed by atoms with Crippen LogP contribution in [0.2, 0.25) is 5.15 Å². The van der Waals surface area contributed by atoms with E-state index in [-0.39, 0.29) is 12.5 Å². The van der Waals surface area contributed by atoms with Gasteiger partial charge in [-0.3, -0.25) is 4.79 Å². The van der Waals surface area contributed by atoms with E-state index in [0.717, 1.165) is 29.1 Å². The van der Waals surface area contributed by atoms with Crippen molar-refractivity contribution in [3.63, 3.8) is 0 Å². The molecule has 5 nitrogen and oxygen atoms in total. The fourth-order valence-corrected chi connectivity index (χ4v) is 2.51. The van der Waals surface area contributed by atoms with Gasteiger partial charge in [0.05, 0.1) is 0 Å².